The second kappa shape index (κ2) is 4.14. The molecule has 74 valence electrons. The molecule has 0 aliphatic carbocycles. The molecule has 0 heterocycles. The van der Waals surface area contributed by atoms with Gasteiger partial charge in [-0.25, -0.2) is 0 Å². The molecule has 0 unspecified atom stereocenters. The first-order chi connectivity index (χ1) is 9.41. The van der Waals surface area contributed by atoms with Crippen LogP contribution >= 0.6 is 0 Å². The van der Waals surface area contributed by atoms with Gasteiger partial charge in [-0.15, -0.1) is 0 Å². The summed E-state index contributed by atoms with van der Waals surface area (Å²) in [4.78, 5) is 0. The average Bonchev–Trinajstić information content (AvgIpc) is 2.38. The van der Waals surface area contributed by atoms with E-state index in [1.807, 2.05) is 36.4 Å². The predicted octanol–water partition coefficient (Wildman–Crippen LogP) is 4.39. The molecule has 0 aromatic heterocycles. The van der Waals surface area contributed by atoms with Crippen molar-refractivity contribution in [1.29, 1.82) is 0 Å². The number of benzene rings is 2. The van der Waals surface area contributed by atoms with E-state index in [1.165, 1.54) is 0 Å². The van der Waals surface area contributed by atoms with Gasteiger partial charge in [0.15, 0.2) is 0 Å². The van der Waals surface area contributed by atoms with Crippen LogP contribution < -0.4 is 0 Å². The van der Waals surface area contributed by atoms with Gasteiger partial charge in [0.05, 0.1) is 2.74 Å². The molecule has 0 aliphatic rings. The summed E-state index contributed by atoms with van der Waals surface area (Å²) in [5.74, 6) is 0. The maximum absolute atomic E-state index is 7.55. The highest BCUT2D eigenvalue weighted by atomic mass is 14.1. The van der Waals surface area contributed by atoms with E-state index in [0.29, 0.717) is 5.56 Å². The Bertz CT molecular complexity index is 622. The van der Waals surface area contributed by atoms with Crippen molar-refractivity contribution in [3.63, 3.8) is 0 Å². The van der Waals surface area contributed by atoms with E-state index in [0.717, 1.165) is 11.1 Å². The number of rotatable bonds is 2. The zero-order chi connectivity index (χ0) is 14.8. The highest BCUT2D eigenvalue weighted by molar-refractivity contribution is 5.79. The molecular weight excluding hydrogens is 180 g/mol. The Morgan fingerprint density at radius 3 is 2.53 bits per heavy atom. The van der Waals surface area contributed by atoms with Crippen molar-refractivity contribution in [3.8, 4) is 11.1 Å². The molecule has 2 aromatic rings. The van der Waals surface area contributed by atoms with Crippen LogP contribution in [0.3, 0.4) is 0 Å². The first kappa shape index (κ1) is 5.32. The van der Waals surface area contributed by atoms with Gasteiger partial charge >= 0.3 is 0 Å². The molecule has 0 amide bonds. The van der Waals surface area contributed by atoms with Crippen LogP contribution in [0, 0.1) is 0 Å². The minimum Gasteiger partial charge on any atom is -0.0955 e. The molecule has 15 heavy (non-hydrogen) atoms. The molecule has 0 atom stereocenters. The Morgan fingerprint density at radius 2 is 1.80 bits per heavy atom. The van der Waals surface area contributed by atoms with Crippen LogP contribution in [0.25, 0.3) is 16.7 Å². The molecule has 0 spiro atoms. The van der Waals surface area contributed by atoms with E-state index in [1.54, 1.807) is 18.2 Å². The molecule has 0 saturated carbocycles. The normalized spacial score (nSPS) is 15.3. The fourth-order valence-corrected chi connectivity index (χ4v) is 1.57. The maximum Gasteiger partial charge on any atom is 0.0541 e. The summed E-state index contributed by atoms with van der Waals surface area (Å²) < 4.78 is 37.6. The number of allylic oxidation sites excluding steroid dienone is 1. The van der Waals surface area contributed by atoms with Crippen molar-refractivity contribution in [2.75, 3.05) is 0 Å². The van der Waals surface area contributed by atoms with E-state index >= 15 is 0 Å². The zero-order valence-corrected chi connectivity index (χ0v) is 8.20. The summed E-state index contributed by atoms with van der Waals surface area (Å²) >= 11 is 0. The lowest BCUT2D eigenvalue weighted by molar-refractivity contribution is 1.55. The quantitative estimate of drug-likeness (QED) is 0.673. The van der Waals surface area contributed by atoms with Gasteiger partial charge in [-0.1, -0.05) is 66.7 Å². The van der Waals surface area contributed by atoms with Crippen molar-refractivity contribution in [2.45, 2.75) is 6.85 Å². The van der Waals surface area contributed by atoms with Gasteiger partial charge in [0, 0.05) is 4.11 Å². The molecule has 2 aromatic carbocycles. The van der Waals surface area contributed by atoms with E-state index in [2.05, 4.69) is 0 Å². The largest absolute Gasteiger partial charge is 0.0955 e. The lowest BCUT2D eigenvalue weighted by Gasteiger charge is -2.08. The molecule has 0 N–H and O–H groups in total. The molecular formula is C15H14. The van der Waals surface area contributed by atoms with Crippen molar-refractivity contribution < 1.29 is 6.85 Å². The number of hydrogen-bond donors (Lipinski definition) is 0. The minimum absolute atomic E-state index is 0.225. The lowest BCUT2D eigenvalue weighted by atomic mass is 9.96. The standard InChI is InChI=1S/C15H14/c1-12(2)14-10-6-7-11-15(14)13-8-4-3-5-9-13/h3-11H,1H2,2H3/i1D2,2D3. The molecule has 0 fully saturated rings. The van der Waals surface area contributed by atoms with Crippen molar-refractivity contribution >= 4 is 5.57 Å². The SMILES string of the molecule is [2H]C([2H])=C(c1ccccc1-c1ccccc1)C([2H])([2H])[2H]. The van der Waals surface area contributed by atoms with Crippen molar-refractivity contribution in [1.82, 2.24) is 0 Å². The lowest BCUT2D eigenvalue weighted by Crippen LogP contribution is -1.85. The summed E-state index contributed by atoms with van der Waals surface area (Å²) in [5, 5.41) is 0. The van der Waals surface area contributed by atoms with Gasteiger partial charge in [-0.3, -0.25) is 0 Å². The zero-order valence-electron chi connectivity index (χ0n) is 13.2. The van der Waals surface area contributed by atoms with Gasteiger partial charge in [-0.2, -0.15) is 0 Å². The Kier molecular flexibility index (Phi) is 1.47. The predicted molar refractivity (Wildman–Crippen MR) is 66.6 cm³/mol. The second-order valence-corrected chi connectivity index (χ2v) is 3.29. The molecule has 0 bridgehead atoms. The fourth-order valence-electron chi connectivity index (χ4n) is 1.57. The second-order valence-electron chi connectivity index (χ2n) is 3.29. The van der Waals surface area contributed by atoms with E-state index in [-0.39, 0.29) is 5.57 Å². The number of hydrogen-bond acceptors (Lipinski definition) is 0. The Morgan fingerprint density at radius 1 is 1.07 bits per heavy atom. The monoisotopic (exact) mass is 199 g/mol. The van der Waals surface area contributed by atoms with E-state index in [9.17, 15) is 0 Å². The van der Waals surface area contributed by atoms with Crippen molar-refractivity contribution in [2.24, 2.45) is 0 Å². The molecule has 0 saturated heterocycles. The average molecular weight is 199 g/mol. The molecule has 0 aliphatic heterocycles. The molecule has 2 rings (SSSR count). The summed E-state index contributed by atoms with van der Waals surface area (Å²) in [5.41, 5.74) is 1.78. The Hall–Kier alpha value is -1.82. The first-order valence-electron chi connectivity index (χ1n) is 7.24. The summed E-state index contributed by atoms with van der Waals surface area (Å²) in [7, 11) is 0. The summed E-state index contributed by atoms with van der Waals surface area (Å²) in [6, 6.07) is 16.4. The highest BCUT2D eigenvalue weighted by Crippen LogP contribution is 2.27. The van der Waals surface area contributed by atoms with Crippen LogP contribution in [0.2, 0.25) is 0 Å². The van der Waals surface area contributed by atoms with Crippen LogP contribution in [-0.2, 0) is 0 Å². The summed E-state index contributed by atoms with van der Waals surface area (Å²) in [6.45, 7) is -3.16. The fraction of sp³-hybridized carbons (Fsp3) is 0.0667. The van der Waals surface area contributed by atoms with Crippen molar-refractivity contribution in [3.05, 3.63) is 66.7 Å². The van der Waals surface area contributed by atoms with Crippen LogP contribution in [0.4, 0.5) is 0 Å². The van der Waals surface area contributed by atoms with E-state index < -0.39 is 13.4 Å². The van der Waals surface area contributed by atoms with Gasteiger partial charge in [0.25, 0.3) is 0 Å². The maximum atomic E-state index is 7.55. The Labute approximate surface area is 97.9 Å². The minimum atomic E-state index is -2.48. The topological polar surface area (TPSA) is 0 Å². The Balaban J connectivity index is 2.68. The van der Waals surface area contributed by atoms with Crippen LogP contribution in [0.15, 0.2) is 61.1 Å². The third kappa shape index (κ3) is 1.99. The van der Waals surface area contributed by atoms with Gasteiger partial charge < -0.3 is 0 Å². The molecule has 0 nitrogen and oxygen atoms in total. The molecule has 0 radical (unpaired) electrons. The van der Waals surface area contributed by atoms with Gasteiger partial charge in [0.1, 0.15) is 0 Å². The third-order valence-corrected chi connectivity index (χ3v) is 2.28. The van der Waals surface area contributed by atoms with Gasteiger partial charge in [0.2, 0.25) is 0 Å². The van der Waals surface area contributed by atoms with E-state index in [4.69, 9.17) is 6.85 Å². The van der Waals surface area contributed by atoms with Gasteiger partial charge in [-0.05, 0) is 23.5 Å². The third-order valence-electron chi connectivity index (χ3n) is 2.28. The van der Waals surface area contributed by atoms with Crippen LogP contribution in [-0.4, -0.2) is 0 Å². The van der Waals surface area contributed by atoms with Crippen LogP contribution in [0.5, 0.6) is 0 Å². The molecule has 0 heteroatoms. The van der Waals surface area contributed by atoms with Crippen LogP contribution in [0.1, 0.15) is 19.3 Å². The first-order valence-corrected chi connectivity index (χ1v) is 4.74. The highest BCUT2D eigenvalue weighted by Gasteiger charge is 2.03. The summed E-state index contributed by atoms with van der Waals surface area (Å²) in [6.07, 6.45) is 0. The smallest absolute Gasteiger partial charge is 0.0541 e.